The van der Waals surface area contributed by atoms with Crippen molar-refractivity contribution in [1.82, 2.24) is 15.5 Å². The van der Waals surface area contributed by atoms with Gasteiger partial charge in [0.15, 0.2) is 5.96 Å². The highest BCUT2D eigenvalue weighted by Crippen LogP contribution is 2.23. The molecule has 1 aliphatic heterocycles. The minimum absolute atomic E-state index is 0. The number of nitrogens with one attached hydrogen (secondary N) is 2. The Morgan fingerprint density at radius 2 is 2.20 bits per heavy atom. The molecule has 0 radical (unpaired) electrons. The first kappa shape index (κ1) is 22.7. The van der Waals surface area contributed by atoms with Crippen molar-refractivity contribution >= 4 is 41.3 Å². The van der Waals surface area contributed by atoms with Crippen molar-refractivity contribution in [3.05, 3.63) is 22.4 Å². The Hall–Kier alpha value is -0.380. The summed E-state index contributed by atoms with van der Waals surface area (Å²) in [5.74, 6) is 0.787. The highest BCUT2D eigenvalue weighted by molar-refractivity contribution is 14.0. The van der Waals surface area contributed by atoms with E-state index in [4.69, 9.17) is 0 Å². The number of aliphatic imine (C=N–C) groups is 1. The van der Waals surface area contributed by atoms with Crippen molar-refractivity contribution in [2.45, 2.75) is 51.7 Å². The van der Waals surface area contributed by atoms with Gasteiger partial charge in [-0.15, -0.1) is 24.0 Å². The molecule has 2 heterocycles. The van der Waals surface area contributed by atoms with Gasteiger partial charge in [0.1, 0.15) is 5.60 Å². The summed E-state index contributed by atoms with van der Waals surface area (Å²) in [7, 11) is 0. The first-order valence-corrected chi connectivity index (χ1v) is 10.0. The molecule has 1 saturated heterocycles. The lowest BCUT2D eigenvalue weighted by molar-refractivity contribution is 0.0677. The maximum absolute atomic E-state index is 10.6. The third-order valence-corrected chi connectivity index (χ3v) is 5.38. The molecule has 144 valence electrons. The molecule has 2 atom stereocenters. The van der Waals surface area contributed by atoms with Crippen molar-refractivity contribution in [3.8, 4) is 0 Å². The number of thiophene rings is 1. The van der Waals surface area contributed by atoms with Crippen LogP contribution in [-0.4, -0.2) is 54.7 Å². The van der Waals surface area contributed by atoms with E-state index >= 15 is 0 Å². The average Bonchev–Trinajstić information content (AvgIpc) is 3.13. The summed E-state index contributed by atoms with van der Waals surface area (Å²) in [6.45, 7) is 10.5. The molecule has 0 saturated carbocycles. The average molecular weight is 480 g/mol. The number of rotatable bonds is 7. The van der Waals surface area contributed by atoms with Gasteiger partial charge in [-0.2, -0.15) is 11.3 Å². The van der Waals surface area contributed by atoms with Crippen LogP contribution in [0.1, 0.15) is 45.6 Å². The van der Waals surface area contributed by atoms with Crippen molar-refractivity contribution < 1.29 is 5.11 Å². The molecule has 1 aromatic heterocycles. The number of likely N-dealkylation sites (tertiary alicyclic amines) is 1. The molecular formula is C18H33IN4OS. The maximum atomic E-state index is 10.6. The Kier molecular flexibility index (Phi) is 10.3. The standard InChI is InChI=1S/C18H32N4OS.HI/c1-4-19-17(20-12-16-8-6-7-10-22(16)5-2)21-14-18(3,23)15-9-11-24-13-15;/h9,11,13,16,23H,4-8,10,12,14H2,1-3H3,(H2,19,20,21);1H. The number of hydrogen-bond acceptors (Lipinski definition) is 4. The monoisotopic (exact) mass is 480 g/mol. The van der Waals surface area contributed by atoms with E-state index in [1.165, 1.54) is 25.8 Å². The predicted molar refractivity (Wildman–Crippen MR) is 118 cm³/mol. The predicted octanol–water partition coefficient (Wildman–Crippen LogP) is 3.00. The van der Waals surface area contributed by atoms with E-state index in [9.17, 15) is 5.11 Å². The molecule has 0 amide bonds. The molecule has 0 aliphatic carbocycles. The van der Waals surface area contributed by atoms with E-state index < -0.39 is 5.60 Å². The number of nitrogens with zero attached hydrogens (tertiary/aromatic N) is 2. The van der Waals surface area contributed by atoms with Gasteiger partial charge in [-0.1, -0.05) is 13.3 Å². The summed E-state index contributed by atoms with van der Waals surface area (Å²) in [4.78, 5) is 7.15. The second kappa shape index (κ2) is 11.4. The highest BCUT2D eigenvalue weighted by atomic mass is 127. The Morgan fingerprint density at radius 3 is 2.84 bits per heavy atom. The van der Waals surface area contributed by atoms with Crippen LogP contribution in [0.25, 0.3) is 0 Å². The first-order valence-electron chi connectivity index (χ1n) is 9.08. The van der Waals surface area contributed by atoms with Crippen molar-refractivity contribution in [3.63, 3.8) is 0 Å². The van der Waals surface area contributed by atoms with Gasteiger partial charge < -0.3 is 15.7 Å². The summed E-state index contributed by atoms with van der Waals surface area (Å²) in [6.07, 6.45) is 3.86. The number of piperidine rings is 1. The van der Waals surface area contributed by atoms with Gasteiger partial charge in [-0.25, -0.2) is 4.99 Å². The number of aliphatic hydroxyl groups is 1. The van der Waals surface area contributed by atoms with Crippen LogP contribution in [0.5, 0.6) is 0 Å². The van der Waals surface area contributed by atoms with Crippen LogP contribution in [0.3, 0.4) is 0 Å². The Balaban J connectivity index is 0.00000312. The summed E-state index contributed by atoms with van der Waals surface area (Å²) < 4.78 is 0. The van der Waals surface area contributed by atoms with Crippen LogP contribution in [0.15, 0.2) is 21.8 Å². The van der Waals surface area contributed by atoms with E-state index in [0.717, 1.165) is 31.2 Å². The Labute approximate surface area is 173 Å². The van der Waals surface area contributed by atoms with Gasteiger partial charge in [-0.3, -0.25) is 4.90 Å². The van der Waals surface area contributed by atoms with Crippen molar-refractivity contribution in [1.29, 1.82) is 0 Å². The van der Waals surface area contributed by atoms with E-state index in [1.54, 1.807) is 11.3 Å². The summed E-state index contributed by atoms with van der Waals surface area (Å²) >= 11 is 1.60. The van der Waals surface area contributed by atoms with Crippen molar-refractivity contribution in [2.24, 2.45) is 4.99 Å². The maximum Gasteiger partial charge on any atom is 0.191 e. The fourth-order valence-corrected chi connectivity index (χ4v) is 3.94. The van der Waals surface area contributed by atoms with Gasteiger partial charge in [0.2, 0.25) is 0 Å². The van der Waals surface area contributed by atoms with E-state index in [0.29, 0.717) is 12.6 Å². The third-order valence-electron chi connectivity index (χ3n) is 4.69. The topological polar surface area (TPSA) is 59.9 Å². The van der Waals surface area contributed by atoms with Crippen LogP contribution in [0.2, 0.25) is 0 Å². The first-order chi connectivity index (χ1) is 11.6. The molecule has 0 bridgehead atoms. The number of guanidine groups is 1. The highest BCUT2D eigenvalue weighted by Gasteiger charge is 2.24. The fraction of sp³-hybridized carbons (Fsp3) is 0.722. The van der Waals surface area contributed by atoms with Crippen molar-refractivity contribution in [2.75, 3.05) is 32.7 Å². The molecule has 0 spiro atoms. The van der Waals surface area contributed by atoms with Crippen LogP contribution in [0, 0.1) is 0 Å². The van der Waals surface area contributed by atoms with Gasteiger partial charge in [0.25, 0.3) is 0 Å². The molecular weight excluding hydrogens is 447 g/mol. The summed E-state index contributed by atoms with van der Waals surface area (Å²) in [6, 6.07) is 2.53. The van der Waals surface area contributed by atoms with E-state index in [1.807, 2.05) is 23.8 Å². The molecule has 2 unspecified atom stereocenters. The van der Waals surface area contributed by atoms with E-state index in [2.05, 4.69) is 34.4 Å². The number of halogens is 1. The summed E-state index contributed by atoms with van der Waals surface area (Å²) in [5, 5.41) is 21.3. The zero-order valence-electron chi connectivity index (χ0n) is 15.6. The number of hydrogen-bond donors (Lipinski definition) is 3. The molecule has 5 nitrogen and oxygen atoms in total. The molecule has 0 aromatic carbocycles. The lowest BCUT2D eigenvalue weighted by Gasteiger charge is -2.35. The molecule has 1 fully saturated rings. The quantitative estimate of drug-likeness (QED) is 0.319. The second-order valence-electron chi connectivity index (χ2n) is 6.64. The van der Waals surface area contributed by atoms with Crippen LogP contribution >= 0.6 is 35.3 Å². The van der Waals surface area contributed by atoms with E-state index in [-0.39, 0.29) is 24.0 Å². The normalized spacial score (nSPS) is 21.3. The summed E-state index contributed by atoms with van der Waals surface area (Å²) in [5.41, 5.74) is -0.000584. The fourth-order valence-electron chi connectivity index (χ4n) is 3.16. The minimum atomic E-state index is -0.928. The smallest absolute Gasteiger partial charge is 0.191 e. The zero-order chi connectivity index (χ0) is 17.4. The zero-order valence-corrected chi connectivity index (χ0v) is 18.8. The SMILES string of the molecule is CCNC(=NCC(C)(O)c1ccsc1)NCC1CCCCN1CC.I. The Morgan fingerprint density at radius 1 is 1.40 bits per heavy atom. The number of likely N-dealkylation sites (N-methyl/N-ethyl adjacent to an activating group) is 1. The van der Waals surface area contributed by atoms with Gasteiger partial charge in [0.05, 0.1) is 6.54 Å². The van der Waals surface area contributed by atoms with Gasteiger partial charge in [-0.05, 0) is 62.2 Å². The largest absolute Gasteiger partial charge is 0.383 e. The Bertz CT molecular complexity index is 507. The lowest BCUT2D eigenvalue weighted by Crippen LogP contribution is -2.49. The molecule has 25 heavy (non-hydrogen) atoms. The van der Waals surface area contributed by atoms with Crippen LogP contribution in [0.4, 0.5) is 0 Å². The third kappa shape index (κ3) is 7.03. The minimum Gasteiger partial charge on any atom is -0.383 e. The molecule has 3 N–H and O–H groups in total. The van der Waals surface area contributed by atoms with Gasteiger partial charge >= 0.3 is 0 Å². The molecule has 2 rings (SSSR count). The molecule has 1 aromatic rings. The lowest BCUT2D eigenvalue weighted by atomic mass is 10.00. The van der Waals surface area contributed by atoms with Crippen LogP contribution < -0.4 is 10.6 Å². The van der Waals surface area contributed by atoms with Gasteiger partial charge in [0, 0.05) is 19.1 Å². The molecule has 1 aliphatic rings. The van der Waals surface area contributed by atoms with Crippen LogP contribution in [-0.2, 0) is 5.60 Å². The molecule has 7 heteroatoms. The second-order valence-corrected chi connectivity index (χ2v) is 7.42.